The van der Waals surface area contributed by atoms with E-state index in [1.165, 1.54) is 0 Å². The summed E-state index contributed by atoms with van der Waals surface area (Å²) in [6.45, 7) is 4.14. The van der Waals surface area contributed by atoms with Gasteiger partial charge >= 0.3 is 0 Å². The average Bonchev–Trinajstić information content (AvgIpc) is 2.27. The molecule has 0 spiro atoms. The van der Waals surface area contributed by atoms with Crippen LogP contribution in [0.25, 0.3) is 10.8 Å². The first-order valence-electron chi connectivity index (χ1n) is 5.94. The summed E-state index contributed by atoms with van der Waals surface area (Å²) in [6.07, 6.45) is 3.52. The number of nitrogens with two attached hydrogens (primary N) is 1. The van der Waals surface area contributed by atoms with Crippen molar-refractivity contribution in [3.05, 3.63) is 30.6 Å². The fourth-order valence-corrected chi connectivity index (χ4v) is 2.19. The Balaban J connectivity index is 2.49. The van der Waals surface area contributed by atoms with Gasteiger partial charge in [0.1, 0.15) is 0 Å². The average molecular weight is 245 g/mol. The molecule has 4 nitrogen and oxygen atoms in total. The van der Waals surface area contributed by atoms with E-state index in [9.17, 15) is 5.11 Å². The molecular weight excluding hydrogens is 226 g/mol. The van der Waals surface area contributed by atoms with Crippen molar-refractivity contribution in [2.75, 3.05) is 24.2 Å². The van der Waals surface area contributed by atoms with E-state index in [0.717, 1.165) is 22.1 Å². The maximum absolute atomic E-state index is 9.90. The van der Waals surface area contributed by atoms with Gasteiger partial charge in [-0.25, -0.2) is 0 Å². The molecule has 1 aromatic carbocycles. The van der Waals surface area contributed by atoms with Crippen LogP contribution in [-0.2, 0) is 0 Å². The molecule has 0 aliphatic carbocycles. The third kappa shape index (κ3) is 2.54. The highest BCUT2D eigenvalue weighted by Gasteiger charge is 2.17. The minimum atomic E-state index is -0.741. The molecule has 0 aliphatic rings. The quantitative estimate of drug-likeness (QED) is 0.812. The number of nitrogens with zero attached hydrogens (tertiary/aromatic N) is 2. The molecular formula is C14H19N3O. The fraction of sp³-hybridized carbons (Fsp3) is 0.357. The first-order valence-corrected chi connectivity index (χ1v) is 5.94. The first-order chi connectivity index (χ1) is 8.38. The van der Waals surface area contributed by atoms with Gasteiger partial charge in [-0.3, -0.25) is 4.98 Å². The van der Waals surface area contributed by atoms with Gasteiger partial charge in [0.05, 0.1) is 5.60 Å². The van der Waals surface area contributed by atoms with Crippen LogP contribution in [0.15, 0.2) is 30.6 Å². The van der Waals surface area contributed by atoms with Crippen LogP contribution in [0, 0.1) is 0 Å². The van der Waals surface area contributed by atoms with Gasteiger partial charge in [0.15, 0.2) is 0 Å². The topological polar surface area (TPSA) is 62.4 Å². The number of rotatable bonds is 3. The van der Waals surface area contributed by atoms with Crippen molar-refractivity contribution < 1.29 is 5.11 Å². The highest BCUT2D eigenvalue weighted by Crippen LogP contribution is 2.30. The number of aliphatic hydroxyl groups is 1. The van der Waals surface area contributed by atoms with E-state index in [1.807, 2.05) is 30.1 Å². The monoisotopic (exact) mass is 245 g/mol. The first kappa shape index (κ1) is 12.6. The van der Waals surface area contributed by atoms with E-state index in [2.05, 4.69) is 4.98 Å². The van der Waals surface area contributed by atoms with E-state index in [1.54, 1.807) is 26.2 Å². The lowest BCUT2D eigenvalue weighted by atomic mass is 10.1. The smallest absolute Gasteiger partial charge is 0.0765 e. The Hall–Kier alpha value is -1.81. The molecule has 0 amide bonds. The SMILES string of the molecule is CN(CC(C)(C)O)c1ccc(N)c2cnccc12. The van der Waals surface area contributed by atoms with Gasteiger partial charge in [-0.2, -0.15) is 0 Å². The maximum Gasteiger partial charge on any atom is 0.0765 e. The Morgan fingerprint density at radius 3 is 2.67 bits per heavy atom. The Labute approximate surface area is 107 Å². The molecule has 3 N–H and O–H groups in total. The molecule has 18 heavy (non-hydrogen) atoms. The molecule has 0 bridgehead atoms. The summed E-state index contributed by atoms with van der Waals surface area (Å²) in [6, 6.07) is 5.80. The highest BCUT2D eigenvalue weighted by atomic mass is 16.3. The van der Waals surface area contributed by atoms with Gasteiger partial charge in [-0.15, -0.1) is 0 Å². The van der Waals surface area contributed by atoms with E-state index in [0.29, 0.717) is 6.54 Å². The standard InChI is InChI=1S/C14H19N3O/c1-14(2,18)9-17(3)13-5-4-12(15)11-8-16-7-6-10(11)13/h4-8,18H,9,15H2,1-3H3. The van der Waals surface area contributed by atoms with Gasteiger partial charge in [0, 0.05) is 48.1 Å². The van der Waals surface area contributed by atoms with Crippen LogP contribution >= 0.6 is 0 Å². The van der Waals surface area contributed by atoms with Crippen molar-refractivity contribution in [3.63, 3.8) is 0 Å². The van der Waals surface area contributed by atoms with E-state index in [-0.39, 0.29) is 0 Å². The molecule has 0 aliphatic heterocycles. The Kier molecular flexibility index (Phi) is 3.13. The molecule has 2 aromatic rings. The zero-order valence-electron chi connectivity index (χ0n) is 11.0. The summed E-state index contributed by atoms with van der Waals surface area (Å²) in [5.41, 5.74) is 6.97. The molecule has 0 saturated heterocycles. The lowest BCUT2D eigenvalue weighted by Crippen LogP contribution is -2.36. The molecule has 96 valence electrons. The molecule has 1 heterocycles. The molecule has 0 radical (unpaired) electrons. The third-order valence-electron chi connectivity index (χ3n) is 2.86. The lowest BCUT2D eigenvalue weighted by molar-refractivity contribution is 0.0887. The largest absolute Gasteiger partial charge is 0.398 e. The van der Waals surface area contributed by atoms with Crippen molar-refractivity contribution >= 4 is 22.1 Å². The molecule has 4 heteroatoms. The van der Waals surface area contributed by atoms with Gasteiger partial charge in [0.2, 0.25) is 0 Å². The fourth-order valence-electron chi connectivity index (χ4n) is 2.19. The van der Waals surface area contributed by atoms with Gasteiger partial charge in [-0.05, 0) is 32.0 Å². The van der Waals surface area contributed by atoms with Crippen LogP contribution < -0.4 is 10.6 Å². The zero-order chi connectivity index (χ0) is 13.3. The number of pyridine rings is 1. The predicted octanol–water partition coefficient (Wildman–Crippen LogP) is 2.02. The summed E-state index contributed by atoms with van der Waals surface area (Å²) >= 11 is 0. The van der Waals surface area contributed by atoms with Crippen molar-refractivity contribution in [2.24, 2.45) is 0 Å². The zero-order valence-corrected chi connectivity index (χ0v) is 11.0. The summed E-state index contributed by atoms with van der Waals surface area (Å²) in [4.78, 5) is 6.13. The van der Waals surface area contributed by atoms with Crippen molar-refractivity contribution in [2.45, 2.75) is 19.4 Å². The second-order valence-corrected chi connectivity index (χ2v) is 5.26. The minimum Gasteiger partial charge on any atom is -0.398 e. The molecule has 0 atom stereocenters. The van der Waals surface area contributed by atoms with Crippen LogP contribution in [0.3, 0.4) is 0 Å². The molecule has 0 saturated carbocycles. The number of nitrogen functional groups attached to an aromatic ring is 1. The van der Waals surface area contributed by atoms with Crippen LogP contribution in [0.4, 0.5) is 11.4 Å². The molecule has 0 unspecified atom stereocenters. The van der Waals surface area contributed by atoms with Crippen molar-refractivity contribution in [3.8, 4) is 0 Å². The molecule has 2 rings (SSSR count). The number of fused-ring (bicyclic) bond motifs is 1. The van der Waals surface area contributed by atoms with Gasteiger partial charge < -0.3 is 15.7 Å². The number of anilines is 2. The molecule has 0 fully saturated rings. The number of aromatic nitrogens is 1. The lowest BCUT2D eigenvalue weighted by Gasteiger charge is -2.28. The number of hydrogen-bond acceptors (Lipinski definition) is 4. The summed E-state index contributed by atoms with van der Waals surface area (Å²) < 4.78 is 0. The Morgan fingerprint density at radius 2 is 2.00 bits per heavy atom. The maximum atomic E-state index is 9.90. The van der Waals surface area contributed by atoms with Crippen molar-refractivity contribution in [1.82, 2.24) is 4.98 Å². The van der Waals surface area contributed by atoms with E-state index in [4.69, 9.17) is 5.73 Å². The summed E-state index contributed by atoms with van der Waals surface area (Å²) in [5, 5.41) is 11.9. The van der Waals surface area contributed by atoms with Gasteiger partial charge in [-0.1, -0.05) is 0 Å². The van der Waals surface area contributed by atoms with Crippen LogP contribution in [-0.4, -0.2) is 29.3 Å². The molecule has 1 aromatic heterocycles. The van der Waals surface area contributed by atoms with Crippen molar-refractivity contribution in [1.29, 1.82) is 0 Å². The van der Waals surface area contributed by atoms with Crippen LogP contribution in [0.1, 0.15) is 13.8 Å². The highest BCUT2D eigenvalue weighted by molar-refractivity contribution is 6.00. The van der Waals surface area contributed by atoms with E-state index >= 15 is 0 Å². The van der Waals surface area contributed by atoms with E-state index < -0.39 is 5.60 Å². The predicted molar refractivity (Wildman–Crippen MR) is 75.7 cm³/mol. The normalized spacial score (nSPS) is 11.8. The second kappa shape index (κ2) is 4.46. The minimum absolute atomic E-state index is 0.550. The Bertz CT molecular complexity index is 560. The number of benzene rings is 1. The van der Waals surface area contributed by atoms with Crippen LogP contribution in [0.2, 0.25) is 0 Å². The third-order valence-corrected chi connectivity index (χ3v) is 2.86. The Morgan fingerprint density at radius 1 is 1.28 bits per heavy atom. The second-order valence-electron chi connectivity index (χ2n) is 5.26. The summed E-state index contributed by atoms with van der Waals surface area (Å²) in [5.74, 6) is 0. The number of hydrogen-bond donors (Lipinski definition) is 2. The summed E-state index contributed by atoms with van der Waals surface area (Å²) in [7, 11) is 1.96. The van der Waals surface area contributed by atoms with Crippen LogP contribution in [0.5, 0.6) is 0 Å². The number of likely N-dealkylation sites (N-methyl/N-ethyl adjacent to an activating group) is 1. The van der Waals surface area contributed by atoms with Gasteiger partial charge in [0.25, 0.3) is 0 Å².